The molecular formula is C16H26N4O2. The average molecular weight is 306 g/mol. The second-order valence-corrected chi connectivity index (χ2v) is 6.50. The first kappa shape index (κ1) is 16.5. The number of anilines is 1. The van der Waals surface area contributed by atoms with Crippen molar-refractivity contribution < 1.29 is 9.90 Å². The number of hydrogen-bond acceptors (Lipinski definition) is 4. The lowest BCUT2D eigenvalue weighted by molar-refractivity contribution is 0.121. The summed E-state index contributed by atoms with van der Waals surface area (Å²) in [7, 11) is 3.87. The maximum absolute atomic E-state index is 12.1. The van der Waals surface area contributed by atoms with Crippen molar-refractivity contribution in [1.29, 1.82) is 0 Å². The largest absolute Gasteiger partial charge is 0.396 e. The predicted octanol–water partition coefficient (Wildman–Crippen LogP) is 1.50. The molecule has 6 nitrogen and oxygen atoms in total. The lowest BCUT2D eigenvalue weighted by Crippen LogP contribution is -2.48. The van der Waals surface area contributed by atoms with E-state index in [0.29, 0.717) is 6.54 Å². The van der Waals surface area contributed by atoms with Gasteiger partial charge in [-0.25, -0.2) is 9.78 Å². The molecule has 1 aromatic heterocycles. The molecule has 6 heteroatoms. The van der Waals surface area contributed by atoms with E-state index in [1.54, 1.807) is 6.20 Å². The van der Waals surface area contributed by atoms with E-state index in [1.807, 2.05) is 38.1 Å². The van der Waals surface area contributed by atoms with E-state index in [9.17, 15) is 9.90 Å². The average Bonchev–Trinajstić information content (AvgIpc) is 2.87. The van der Waals surface area contributed by atoms with Gasteiger partial charge in [-0.15, -0.1) is 0 Å². The molecule has 0 aromatic carbocycles. The molecule has 1 saturated carbocycles. The molecule has 2 rings (SSSR count). The molecule has 0 bridgehead atoms. The van der Waals surface area contributed by atoms with Crippen LogP contribution >= 0.6 is 0 Å². The molecule has 1 heterocycles. The third kappa shape index (κ3) is 3.88. The van der Waals surface area contributed by atoms with Crippen LogP contribution in [0.3, 0.4) is 0 Å². The van der Waals surface area contributed by atoms with Crippen molar-refractivity contribution in [2.75, 3.05) is 25.6 Å². The molecule has 1 aliphatic carbocycles. The topological polar surface area (TPSA) is 77.5 Å². The minimum absolute atomic E-state index is 0.0345. The summed E-state index contributed by atoms with van der Waals surface area (Å²) in [4.78, 5) is 18.2. The summed E-state index contributed by atoms with van der Waals surface area (Å²) in [5.41, 5.74) is 0.803. The second kappa shape index (κ2) is 6.96. The number of nitrogens with zero attached hydrogens (tertiary/aromatic N) is 2. The Balaban J connectivity index is 1.87. The highest BCUT2D eigenvalue weighted by Gasteiger charge is 2.39. The first-order valence-corrected chi connectivity index (χ1v) is 7.72. The van der Waals surface area contributed by atoms with E-state index in [1.165, 1.54) is 0 Å². The summed E-state index contributed by atoms with van der Waals surface area (Å²) in [5, 5.41) is 15.4. The Kier molecular flexibility index (Phi) is 5.24. The second-order valence-electron chi connectivity index (χ2n) is 6.50. The van der Waals surface area contributed by atoms with Crippen LogP contribution in [0.2, 0.25) is 0 Å². The monoisotopic (exact) mass is 306 g/mol. The number of amides is 2. The van der Waals surface area contributed by atoms with Gasteiger partial charge in [0.05, 0.1) is 6.61 Å². The summed E-state index contributed by atoms with van der Waals surface area (Å²) in [6.45, 7) is 2.59. The molecule has 22 heavy (non-hydrogen) atoms. The molecule has 0 saturated heterocycles. The molecule has 1 aromatic rings. The first-order chi connectivity index (χ1) is 10.4. The van der Waals surface area contributed by atoms with Gasteiger partial charge >= 0.3 is 6.03 Å². The van der Waals surface area contributed by atoms with Crippen LogP contribution in [-0.2, 0) is 6.54 Å². The van der Waals surface area contributed by atoms with E-state index in [-0.39, 0.29) is 24.1 Å². The van der Waals surface area contributed by atoms with Gasteiger partial charge in [0.25, 0.3) is 0 Å². The molecule has 3 N–H and O–H groups in total. The normalized spacial score (nSPS) is 24.1. The standard InChI is InChI=1S/C16H26N4O2/c1-16(11-21)7-4-5-13(16)19-15(22)18-10-12-6-8-17-14(9-12)20(2)3/h6,8-9,13,21H,4-5,7,10-11H2,1-3H3,(H2,18,19,22). The third-order valence-corrected chi connectivity index (χ3v) is 4.47. The van der Waals surface area contributed by atoms with Gasteiger partial charge in [-0.3, -0.25) is 0 Å². The Morgan fingerprint density at radius 1 is 1.55 bits per heavy atom. The molecule has 2 amide bonds. The maximum Gasteiger partial charge on any atom is 0.315 e. The Hall–Kier alpha value is -1.82. The number of aliphatic hydroxyl groups is 1. The van der Waals surface area contributed by atoms with Crippen molar-refractivity contribution in [1.82, 2.24) is 15.6 Å². The molecule has 0 radical (unpaired) electrons. The molecule has 0 aliphatic heterocycles. The van der Waals surface area contributed by atoms with Crippen LogP contribution in [0.5, 0.6) is 0 Å². The van der Waals surface area contributed by atoms with E-state index in [4.69, 9.17) is 0 Å². The van der Waals surface area contributed by atoms with Gasteiger partial charge in [-0.05, 0) is 30.5 Å². The summed E-state index contributed by atoms with van der Waals surface area (Å²) >= 11 is 0. The minimum atomic E-state index is -0.202. The molecule has 2 unspecified atom stereocenters. The highest BCUT2D eigenvalue weighted by Crippen LogP contribution is 2.37. The number of hydrogen-bond donors (Lipinski definition) is 3. The Labute approximate surface area is 131 Å². The number of nitrogens with one attached hydrogen (secondary N) is 2. The van der Waals surface area contributed by atoms with E-state index < -0.39 is 0 Å². The van der Waals surface area contributed by atoms with Crippen LogP contribution in [0.25, 0.3) is 0 Å². The number of carbonyl (C=O) groups is 1. The molecule has 2 atom stereocenters. The number of aromatic nitrogens is 1. The van der Waals surface area contributed by atoms with Crippen molar-refractivity contribution in [3.63, 3.8) is 0 Å². The van der Waals surface area contributed by atoms with E-state index in [0.717, 1.165) is 30.6 Å². The number of pyridine rings is 1. The minimum Gasteiger partial charge on any atom is -0.396 e. The summed E-state index contributed by atoms with van der Waals surface area (Å²) in [6, 6.07) is 3.69. The van der Waals surface area contributed by atoms with Gasteiger partial charge in [-0.1, -0.05) is 13.3 Å². The highest BCUT2D eigenvalue weighted by molar-refractivity contribution is 5.74. The molecule has 122 valence electrons. The number of rotatable bonds is 5. The fourth-order valence-corrected chi connectivity index (χ4v) is 2.88. The van der Waals surface area contributed by atoms with Crippen LogP contribution in [-0.4, -0.2) is 42.9 Å². The van der Waals surface area contributed by atoms with Crippen LogP contribution in [0.15, 0.2) is 18.3 Å². The zero-order valence-electron chi connectivity index (χ0n) is 13.6. The van der Waals surface area contributed by atoms with Gasteiger partial charge in [0, 0.05) is 38.3 Å². The lowest BCUT2D eigenvalue weighted by Gasteiger charge is -2.30. The highest BCUT2D eigenvalue weighted by atomic mass is 16.3. The van der Waals surface area contributed by atoms with Crippen molar-refractivity contribution >= 4 is 11.8 Å². The van der Waals surface area contributed by atoms with E-state index in [2.05, 4.69) is 15.6 Å². The molecular weight excluding hydrogens is 280 g/mol. The van der Waals surface area contributed by atoms with Gasteiger partial charge < -0.3 is 20.6 Å². The van der Waals surface area contributed by atoms with Gasteiger partial charge in [0.2, 0.25) is 0 Å². The zero-order valence-corrected chi connectivity index (χ0v) is 13.6. The lowest BCUT2D eigenvalue weighted by atomic mass is 9.86. The van der Waals surface area contributed by atoms with E-state index >= 15 is 0 Å². The quantitative estimate of drug-likeness (QED) is 0.770. The fraction of sp³-hybridized carbons (Fsp3) is 0.625. The molecule has 1 fully saturated rings. The van der Waals surface area contributed by atoms with Crippen LogP contribution in [0.4, 0.5) is 10.6 Å². The van der Waals surface area contributed by atoms with Crippen LogP contribution < -0.4 is 15.5 Å². The molecule has 1 aliphatic rings. The van der Waals surface area contributed by atoms with Crippen LogP contribution in [0, 0.1) is 5.41 Å². The first-order valence-electron chi connectivity index (χ1n) is 7.72. The van der Waals surface area contributed by atoms with Crippen molar-refractivity contribution in [2.24, 2.45) is 5.41 Å². The maximum atomic E-state index is 12.1. The van der Waals surface area contributed by atoms with Gasteiger partial charge in [0.15, 0.2) is 0 Å². The summed E-state index contributed by atoms with van der Waals surface area (Å²) < 4.78 is 0. The van der Waals surface area contributed by atoms with Crippen molar-refractivity contribution in [2.45, 2.75) is 38.8 Å². The van der Waals surface area contributed by atoms with Crippen LogP contribution in [0.1, 0.15) is 31.7 Å². The zero-order chi connectivity index (χ0) is 16.2. The van der Waals surface area contributed by atoms with Gasteiger partial charge in [0.1, 0.15) is 5.82 Å². The number of urea groups is 1. The third-order valence-electron chi connectivity index (χ3n) is 4.47. The molecule has 0 spiro atoms. The Morgan fingerprint density at radius 3 is 3.00 bits per heavy atom. The number of carbonyl (C=O) groups excluding carboxylic acids is 1. The van der Waals surface area contributed by atoms with Gasteiger partial charge in [-0.2, -0.15) is 0 Å². The Morgan fingerprint density at radius 2 is 2.32 bits per heavy atom. The van der Waals surface area contributed by atoms with Crippen molar-refractivity contribution in [3.8, 4) is 0 Å². The SMILES string of the molecule is CN(C)c1cc(CNC(=O)NC2CCCC2(C)CO)ccn1. The van der Waals surface area contributed by atoms with Crippen molar-refractivity contribution in [3.05, 3.63) is 23.9 Å². The predicted molar refractivity (Wildman–Crippen MR) is 86.8 cm³/mol. The smallest absolute Gasteiger partial charge is 0.315 e. The number of aliphatic hydroxyl groups excluding tert-OH is 1. The Bertz CT molecular complexity index is 521. The summed E-state index contributed by atoms with van der Waals surface area (Å²) in [5.74, 6) is 0.864. The summed E-state index contributed by atoms with van der Waals surface area (Å²) in [6.07, 6.45) is 4.65. The fourth-order valence-electron chi connectivity index (χ4n) is 2.88.